The molecule has 0 atom stereocenters. The summed E-state index contributed by atoms with van der Waals surface area (Å²) in [6.07, 6.45) is 1.66. The molecule has 2 N–H and O–H groups in total. The Bertz CT molecular complexity index is 422. The fourth-order valence-electron chi connectivity index (χ4n) is 1.65. The molecule has 4 nitrogen and oxygen atoms in total. The Balaban J connectivity index is 2.42. The van der Waals surface area contributed by atoms with Crippen molar-refractivity contribution in [2.75, 3.05) is 27.2 Å². The number of carbonyl (C=O) groups excluding carboxylic acids is 1. The second-order valence-electron chi connectivity index (χ2n) is 4.57. The van der Waals surface area contributed by atoms with E-state index in [2.05, 4.69) is 0 Å². The van der Waals surface area contributed by atoms with Crippen molar-refractivity contribution in [1.29, 1.82) is 0 Å². The Morgan fingerprint density at radius 2 is 2.11 bits per heavy atom. The van der Waals surface area contributed by atoms with Crippen LogP contribution in [0.4, 0.5) is 4.39 Å². The van der Waals surface area contributed by atoms with Gasteiger partial charge in [0.05, 0.1) is 6.61 Å². The van der Waals surface area contributed by atoms with Crippen LogP contribution < -0.4 is 10.5 Å². The second-order valence-corrected chi connectivity index (χ2v) is 4.57. The number of hydrogen-bond acceptors (Lipinski definition) is 3. The smallest absolute Gasteiger partial charge is 0.222 e. The number of nitrogens with zero attached hydrogens (tertiary/aromatic N) is 1. The first-order valence-corrected chi connectivity index (χ1v) is 6.35. The van der Waals surface area contributed by atoms with Gasteiger partial charge >= 0.3 is 0 Å². The van der Waals surface area contributed by atoms with Gasteiger partial charge in [-0.25, -0.2) is 4.39 Å². The summed E-state index contributed by atoms with van der Waals surface area (Å²) in [6, 6.07) is 4.58. The first-order valence-electron chi connectivity index (χ1n) is 6.35. The van der Waals surface area contributed by atoms with Crippen LogP contribution in [0.25, 0.3) is 0 Å². The molecule has 0 aliphatic carbocycles. The van der Waals surface area contributed by atoms with Crippen molar-refractivity contribution in [2.45, 2.75) is 19.3 Å². The Labute approximate surface area is 113 Å². The van der Waals surface area contributed by atoms with E-state index in [4.69, 9.17) is 10.5 Å². The normalized spacial score (nSPS) is 10.3. The van der Waals surface area contributed by atoms with E-state index in [1.165, 1.54) is 12.1 Å². The van der Waals surface area contributed by atoms with Crippen LogP contribution >= 0.6 is 0 Å². The largest absolute Gasteiger partial charge is 0.493 e. The monoisotopic (exact) mass is 268 g/mol. The molecule has 0 saturated carbocycles. The van der Waals surface area contributed by atoms with Crippen molar-refractivity contribution in [2.24, 2.45) is 5.73 Å². The summed E-state index contributed by atoms with van der Waals surface area (Å²) >= 11 is 0. The highest BCUT2D eigenvalue weighted by molar-refractivity contribution is 5.75. The van der Waals surface area contributed by atoms with Gasteiger partial charge in [0, 0.05) is 26.6 Å². The first-order chi connectivity index (χ1) is 9.02. The molecule has 0 heterocycles. The molecule has 0 aromatic heterocycles. The van der Waals surface area contributed by atoms with Gasteiger partial charge in [0.2, 0.25) is 5.91 Å². The van der Waals surface area contributed by atoms with E-state index in [0.717, 1.165) is 5.56 Å². The zero-order valence-electron chi connectivity index (χ0n) is 11.5. The van der Waals surface area contributed by atoms with Gasteiger partial charge in [0.15, 0.2) is 0 Å². The molecule has 1 aromatic rings. The quantitative estimate of drug-likeness (QED) is 0.764. The lowest BCUT2D eigenvalue weighted by atomic mass is 10.1. The highest BCUT2D eigenvalue weighted by Gasteiger charge is 2.05. The molecule has 0 bridgehead atoms. The van der Waals surface area contributed by atoms with Crippen LogP contribution in [-0.2, 0) is 11.2 Å². The molecular weight excluding hydrogens is 247 g/mol. The van der Waals surface area contributed by atoms with Crippen molar-refractivity contribution >= 4 is 5.91 Å². The molecule has 0 radical (unpaired) electrons. The van der Waals surface area contributed by atoms with Crippen molar-refractivity contribution in [1.82, 2.24) is 4.90 Å². The van der Waals surface area contributed by atoms with E-state index < -0.39 is 0 Å². The molecule has 1 amide bonds. The van der Waals surface area contributed by atoms with Gasteiger partial charge in [-0.2, -0.15) is 0 Å². The van der Waals surface area contributed by atoms with Gasteiger partial charge in [-0.15, -0.1) is 0 Å². The third kappa shape index (κ3) is 5.70. The maximum absolute atomic E-state index is 13.3. The van der Waals surface area contributed by atoms with Crippen LogP contribution in [0.1, 0.15) is 18.4 Å². The number of rotatable bonds is 7. The van der Waals surface area contributed by atoms with Gasteiger partial charge in [0.1, 0.15) is 11.6 Å². The van der Waals surface area contributed by atoms with Crippen molar-refractivity contribution in [3.05, 3.63) is 29.6 Å². The van der Waals surface area contributed by atoms with Crippen LogP contribution in [0.5, 0.6) is 5.75 Å². The molecule has 0 fully saturated rings. The summed E-state index contributed by atoms with van der Waals surface area (Å²) in [5, 5.41) is 0. The molecule has 5 heteroatoms. The summed E-state index contributed by atoms with van der Waals surface area (Å²) in [5.74, 6) is 0.220. The zero-order valence-corrected chi connectivity index (χ0v) is 11.5. The van der Waals surface area contributed by atoms with Crippen LogP contribution in [0, 0.1) is 5.82 Å². The molecule has 106 valence electrons. The lowest BCUT2D eigenvalue weighted by Gasteiger charge is -2.11. The summed E-state index contributed by atoms with van der Waals surface area (Å²) in [5.41, 5.74) is 6.26. The minimum absolute atomic E-state index is 0.0617. The van der Waals surface area contributed by atoms with Crippen LogP contribution in [0.2, 0.25) is 0 Å². The summed E-state index contributed by atoms with van der Waals surface area (Å²) in [7, 11) is 3.43. The lowest BCUT2D eigenvalue weighted by Crippen LogP contribution is -2.21. The predicted molar refractivity (Wildman–Crippen MR) is 72.6 cm³/mol. The number of carbonyl (C=O) groups is 1. The molecule has 0 aliphatic heterocycles. The second kappa shape index (κ2) is 7.74. The predicted octanol–water partition coefficient (Wildman–Crippen LogP) is 1.57. The van der Waals surface area contributed by atoms with Crippen molar-refractivity contribution < 1.29 is 13.9 Å². The van der Waals surface area contributed by atoms with Crippen molar-refractivity contribution in [3.8, 4) is 5.75 Å². The van der Waals surface area contributed by atoms with E-state index in [9.17, 15) is 9.18 Å². The Kier molecular flexibility index (Phi) is 6.29. The Morgan fingerprint density at radius 1 is 1.37 bits per heavy atom. The van der Waals surface area contributed by atoms with Gasteiger partial charge in [-0.1, -0.05) is 0 Å². The summed E-state index contributed by atoms with van der Waals surface area (Å²) in [4.78, 5) is 12.9. The maximum Gasteiger partial charge on any atom is 0.222 e. The lowest BCUT2D eigenvalue weighted by molar-refractivity contribution is -0.128. The van der Waals surface area contributed by atoms with Gasteiger partial charge in [0.25, 0.3) is 0 Å². The third-order valence-corrected chi connectivity index (χ3v) is 2.67. The maximum atomic E-state index is 13.3. The van der Waals surface area contributed by atoms with E-state index >= 15 is 0 Å². The fourth-order valence-corrected chi connectivity index (χ4v) is 1.65. The molecule has 0 unspecified atom stereocenters. The number of amides is 1. The minimum atomic E-state index is -0.328. The highest BCUT2D eigenvalue weighted by atomic mass is 19.1. The molecule has 19 heavy (non-hydrogen) atoms. The summed E-state index contributed by atoms with van der Waals surface area (Å²) < 4.78 is 18.8. The van der Waals surface area contributed by atoms with E-state index in [1.807, 2.05) is 0 Å². The topological polar surface area (TPSA) is 55.6 Å². The average molecular weight is 268 g/mol. The van der Waals surface area contributed by atoms with Gasteiger partial charge < -0.3 is 15.4 Å². The molecule has 0 aliphatic rings. The van der Waals surface area contributed by atoms with Crippen LogP contribution in [-0.4, -0.2) is 38.1 Å². The fraction of sp³-hybridized carbons (Fsp3) is 0.500. The Hall–Kier alpha value is -1.62. The number of ether oxygens (including phenoxy) is 1. The van der Waals surface area contributed by atoms with Crippen molar-refractivity contribution in [3.63, 3.8) is 0 Å². The third-order valence-electron chi connectivity index (χ3n) is 2.67. The van der Waals surface area contributed by atoms with E-state index in [0.29, 0.717) is 38.2 Å². The number of halogens is 1. The minimum Gasteiger partial charge on any atom is -0.493 e. The zero-order chi connectivity index (χ0) is 14.3. The Morgan fingerprint density at radius 3 is 2.74 bits per heavy atom. The number of hydrogen-bond donors (Lipinski definition) is 1. The number of nitrogens with two attached hydrogens (primary N) is 1. The first kappa shape index (κ1) is 15.4. The molecule has 1 rings (SSSR count). The molecule has 0 spiro atoms. The standard InChI is InChI=1S/C14H21FN2O2/c1-17(2)14(18)4-3-7-19-13-9-11(5-6-16)8-12(15)10-13/h8-10H,3-7,16H2,1-2H3. The van der Waals surface area contributed by atoms with E-state index in [1.54, 1.807) is 25.1 Å². The molecule has 1 aromatic carbocycles. The molecule has 0 saturated heterocycles. The van der Waals surface area contributed by atoms with Gasteiger partial charge in [-0.05, 0) is 37.1 Å². The number of benzene rings is 1. The average Bonchev–Trinajstić information content (AvgIpc) is 2.34. The van der Waals surface area contributed by atoms with Crippen LogP contribution in [0.15, 0.2) is 18.2 Å². The summed E-state index contributed by atoms with van der Waals surface area (Å²) in [6.45, 7) is 0.866. The van der Waals surface area contributed by atoms with E-state index in [-0.39, 0.29) is 11.7 Å². The van der Waals surface area contributed by atoms with Gasteiger partial charge in [-0.3, -0.25) is 4.79 Å². The SMILES string of the molecule is CN(C)C(=O)CCCOc1cc(F)cc(CCN)c1. The van der Waals surface area contributed by atoms with Crippen LogP contribution in [0.3, 0.4) is 0 Å². The highest BCUT2D eigenvalue weighted by Crippen LogP contribution is 2.17. The molecular formula is C14H21FN2O2.